The van der Waals surface area contributed by atoms with Gasteiger partial charge >= 0.3 is 0 Å². The first kappa shape index (κ1) is 13.9. The molecular weight excluding hydrogens is 272 g/mol. The van der Waals surface area contributed by atoms with Crippen molar-refractivity contribution < 1.29 is 4.79 Å². The van der Waals surface area contributed by atoms with E-state index in [9.17, 15) is 4.79 Å². The Morgan fingerprint density at radius 2 is 2.20 bits per heavy atom. The second kappa shape index (κ2) is 5.74. The Bertz CT molecular complexity index is 513. The van der Waals surface area contributed by atoms with Crippen molar-refractivity contribution in [1.29, 1.82) is 0 Å². The Labute approximate surface area is 125 Å². The van der Waals surface area contributed by atoms with Crippen LogP contribution in [0.4, 0.5) is 0 Å². The Kier molecular flexibility index (Phi) is 3.99. The molecule has 1 aliphatic carbocycles. The fourth-order valence-corrected chi connectivity index (χ4v) is 3.26. The summed E-state index contributed by atoms with van der Waals surface area (Å²) in [4.78, 5) is 14.7. The van der Waals surface area contributed by atoms with Gasteiger partial charge in [-0.15, -0.1) is 0 Å². The topological polar surface area (TPSA) is 32.3 Å². The molecule has 1 saturated heterocycles. The second-order valence-corrected chi connectivity index (χ2v) is 6.48. The molecule has 1 heterocycles. The zero-order chi connectivity index (χ0) is 14.1. The molecular formula is C16H21ClN2O. The molecule has 1 atom stereocenters. The molecule has 3 nitrogen and oxygen atoms in total. The Morgan fingerprint density at radius 1 is 1.40 bits per heavy atom. The van der Waals surface area contributed by atoms with Gasteiger partial charge in [0.2, 0.25) is 0 Å². The molecule has 0 radical (unpaired) electrons. The van der Waals surface area contributed by atoms with E-state index in [1.54, 1.807) is 6.07 Å². The molecule has 3 rings (SSSR count). The molecule has 2 fully saturated rings. The smallest absolute Gasteiger partial charge is 0.252 e. The van der Waals surface area contributed by atoms with Crippen molar-refractivity contribution in [3.05, 3.63) is 34.3 Å². The van der Waals surface area contributed by atoms with Crippen molar-refractivity contribution in [3.8, 4) is 0 Å². The summed E-state index contributed by atoms with van der Waals surface area (Å²) < 4.78 is 0. The van der Waals surface area contributed by atoms with E-state index in [1.165, 1.54) is 25.8 Å². The maximum Gasteiger partial charge on any atom is 0.252 e. The normalized spacial score (nSPS) is 23.0. The van der Waals surface area contributed by atoms with Crippen LogP contribution in [0.15, 0.2) is 18.2 Å². The summed E-state index contributed by atoms with van der Waals surface area (Å²) in [7, 11) is 0. The summed E-state index contributed by atoms with van der Waals surface area (Å²) >= 11 is 6.12. The molecule has 1 unspecified atom stereocenters. The minimum Gasteiger partial charge on any atom is -0.352 e. The van der Waals surface area contributed by atoms with E-state index < -0.39 is 0 Å². The number of nitrogens with zero attached hydrogens (tertiary/aromatic N) is 1. The van der Waals surface area contributed by atoms with E-state index in [0.717, 1.165) is 24.7 Å². The van der Waals surface area contributed by atoms with Crippen molar-refractivity contribution >= 4 is 17.5 Å². The van der Waals surface area contributed by atoms with Gasteiger partial charge in [0.05, 0.1) is 10.6 Å². The minimum absolute atomic E-state index is 0.0557. The number of rotatable bonds is 4. The van der Waals surface area contributed by atoms with Crippen LogP contribution >= 0.6 is 11.6 Å². The average molecular weight is 293 g/mol. The number of halogens is 1. The lowest BCUT2D eigenvalue weighted by atomic mass is 10.1. The monoisotopic (exact) mass is 292 g/mol. The molecule has 1 N–H and O–H groups in total. The van der Waals surface area contributed by atoms with Crippen LogP contribution < -0.4 is 5.32 Å². The van der Waals surface area contributed by atoms with Gasteiger partial charge in [0, 0.05) is 19.1 Å². The van der Waals surface area contributed by atoms with Crippen LogP contribution in [0.5, 0.6) is 0 Å². The largest absolute Gasteiger partial charge is 0.352 e. The predicted octanol–water partition coefficient (Wildman–Crippen LogP) is 2.86. The zero-order valence-electron chi connectivity index (χ0n) is 11.9. The van der Waals surface area contributed by atoms with Gasteiger partial charge in [-0.05, 0) is 56.3 Å². The highest BCUT2D eigenvalue weighted by molar-refractivity contribution is 6.33. The van der Waals surface area contributed by atoms with Gasteiger partial charge in [-0.3, -0.25) is 4.79 Å². The molecule has 1 aromatic rings. The lowest BCUT2D eigenvalue weighted by molar-refractivity contribution is 0.0947. The third kappa shape index (κ3) is 3.15. The third-order valence-corrected chi connectivity index (χ3v) is 4.61. The van der Waals surface area contributed by atoms with Gasteiger partial charge in [0.25, 0.3) is 5.91 Å². The summed E-state index contributed by atoms with van der Waals surface area (Å²) in [5.41, 5.74) is 1.65. The number of carbonyl (C=O) groups is 1. The summed E-state index contributed by atoms with van der Waals surface area (Å²) in [6.07, 6.45) is 3.91. The van der Waals surface area contributed by atoms with Crippen molar-refractivity contribution in [2.45, 2.75) is 32.2 Å². The third-order valence-electron chi connectivity index (χ3n) is 4.30. The molecule has 108 valence electrons. The fourth-order valence-electron chi connectivity index (χ4n) is 2.94. The minimum atomic E-state index is -0.0557. The number of nitrogens with one attached hydrogen (secondary N) is 1. The number of amides is 1. The summed E-state index contributed by atoms with van der Waals surface area (Å²) in [5.74, 6) is 0.531. The Hall–Kier alpha value is -1.06. The number of likely N-dealkylation sites (tertiary alicyclic amines) is 1. The van der Waals surface area contributed by atoms with E-state index >= 15 is 0 Å². The van der Waals surface area contributed by atoms with E-state index in [4.69, 9.17) is 11.6 Å². The van der Waals surface area contributed by atoms with Gasteiger partial charge in [0.1, 0.15) is 0 Å². The first-order chi connectivity index (χ1) is 9.63. The quantitative estimate of drug-likeness (QED) is 0.925. The number of hydrogen-bond donors (Lipinski definition) is 1. The molecule has 0 bridgehead atoms. The van der Waals surface area contributed by atoms with Crippen LogP contribution in [0.1, 0.15) is 35.2 Å². The number of hydrogen-bond acceptors (Lipinski definition) is 2. The summed E-state index contributed by atoms with van der Waals surface area (Å²) in [5, 5.41) is 3.57. The number of carbonyl (C=O) groups excluding carboxylic acids is 1. The summed E-state index contributed by atoms with van der Waals surface area (Å²) in [6, 6.07) is 6.40. The highest BCUT2D eigenvalue weighted by Crippen LogP contribution is 2.31. The Morgan fingerprint density at radius 3 is 2.90 bits per heavy atom. The first-order valence-electron chi connectivity index (χ1n) is 7.42. The van der Waals surface area contributed by atoms with E-state index in [2.05, 4.69) is 10.2 Å². The lowest BCUT2D eigenvalue weighted by Crippen LogP contribution is -2.31. The first-order valence-corrected chi connectivity index (χ1v) is 7.79. The maximum atomic E-state index is 12.2. The highest BCUT2D eigenvalue weighted by atomic mass is 35.5. The highest BCUT2D eigenvalue weighted by Gasteiger charge is 2.34. The van der Waals surface area contributed by atoms with E-state index in [1.807, 2.05) is 19.1 Å². The molecule has 1 saturated carbocycles. The lowest BCUT2D eigenvalue weighted by Gasteiger charge is -2.15. The molecule has 0 spiro atoms. The van der Waals surface area contributed by atoms with Crippen LogP contribution in [0.3, 0.4) is 0 Å². The van der Waals surface area contributed by atoms with Gasteiger partial charge in [0.15, 0.2) is 0 Å². The van der Waals surface area contributed by atoms with Crippen molar-refractivity contribution in [3.63, 3.8) is 0 Å². The SMILES string of the molecule is Cc1ccc(C(=O)NCC2CCN(C3CC3)C2)c(Cl)c1. The molecule has 1 aliphatic heterocycles. The predicted molar refractivity (Wildman–Crippen MR) is 81.2 cm³/mol. The van der Waals surface area contributed by atoms with Crippen molar-refractivity contribution in [2.75, 3.05) is 19.6 Å². The van der Waals surface area contributed by atoms with E-state index in [-0.39, 0.29) is 5.91 Å². The van der Waals surface area contributed by atoms with Crippen LogP contribution in [0, 0.1) is 12.8 Å². The van der Waals surface area contributed by atoms with Crippen LogP contribution in [0.25, 0.3) is 0 Å². The van der Waals surface area contributed by atoms with Gasteiger partial charge in [-0.1, -0.05) is 17.7 Å². The fraction of sp³-hybridized carbons (Fsp3) is 0.562. The van der Waals surface area contributed by atoms with Crippen LogP contribution in [-0.4, -0.2) is 36.5 Å². The van der Waals surface area contributed by atoms with Crippen LogP contribution in [-0.2, 0) is 0 Å². The standard InChI is InChI=1S/C16H21ClN2O/c1-11-2-5-14(15(17)8-11)16(20)18-9-12-6-7-19(10-12)13-3-4-13/h2,5,8,12-13H,3-4,6-7,9-10H2,1H3,(H,18,20). The molecule has 2 aliphatic rings. The van der Waals surface area contributed by atoms with Crippen LogP contribution in [0.2, 0.25) is 5.02 Å². The average Bonchev–Trinajstić information content (AvgIpc) is 3.15. The molecule has 0 aromatic heterocycles. The van der Waals surface area contributed by atoms with E-state index in [0.29, 0.717) is 16.5 Å². The molecule has 1 amide bonds. The molecule has 4 heteroatoms. The number of benzene rings is 1. The second-order valence-electron chi connectivity index (χ2n) is 6.07. The van der Waals surface area contributed by atoms with Crippen molar-refractivity contribution in [1.82, 2.24) is 10.2 Å². The number of aryl methyl sites for hydroxylation is 1. The van der Waals surface area contributed by atoms with Gasteiger partial charge in [-0.2, -0.15) is 0 Å². The summed E-state index contributed by atoms with van der Waals surface area (Å²) in [6.45, 7) is 5.05. The maximum absolute atomic E-state index is 12.2. The Balaban J connectivity index is 1.51. The van der Waals surface area contributed by atoms with Crippen molar-refractivity contribution in [2.24, 2.45) is 5.92 Å². The molecule has 20 heavy (non-hydrogen) atoms. The zero-order valence-corrected chi connectivity index (χ0v) is 12.6. The molecule has 1 aromatic carbocycles. The van der Waals surface area contributed by atoms with Gasteiger partial charge in [-0.25, -0.2) is 0 Å². The van der Waals surface area contributed by atoms with Gasteiger partial charge < -0.3 is 10.2 Å².